The molecule has 5 rings (SSSR count). The van der Waals surface area contributed by atoms with Gasteiger partial charge in [0.2, 0.25) is 12.7 Å². The van der Waals surface area contributed by atoms with E-state index in [1.807, 2.05) is 23.1 Å². The van der Waals surface area contributed by atoms with Crippen molar-refractivity contribution in [3.63, 3.8) is 0 Å². The van der Waals surface area contributed by atoms with Gasteiger partial charge in [-0.1, -0.05) is 0 Å². The van der Waals surface area contributed by atoms with Crippen LogP contribution < -0.4 is 14.4 Å². The molecule has 0 N–H and O–H groups in total. The van der Waals surface area contributed by atoms with Gasteiger partial charge >= 0.3 is 0 Å². The number of carbonyl (C=O) groups excluding carboxylic acids is 1. The van der Waals surface area contributed by atoms with Crippen molar-refractivity contribution in [3.05, 3.63) is 18.2 Å². The summed E-state index contributed by atoms with van der Waals surface area (Å²) < 4.78 is 10.8. The molecule has 3 heterocycles. The molecule has 1 unspecified atom stereocenters. The zero-order valence-electron chi connectivity index (χ0n) is 13.3. The number of hydrogen-bond acceptors (Lipinski definition) is 4. The predicted molar refractivity (Wildman–Crippen MR) is 85.7 cm³/mol. The van der Waals surface area contributed by atoms with E-state index in [1.165, 1.54) is 19.4 Å². The van der Waals surface area contributed by atoms with Crippen molar-refractivity contribution in [3.8, 4) is 11.5 Å². The number of amides is 1. The van der Waals surface area contributed by atoms with Crippen LogP contribution in [0, 0.1) is 11.3 Å². The molecule has 4 aliphatic rings. The number of anilines is 1. The van der Waals surface area contributed by atoms with Crippen molar-refractivity contribution < 1.29 is 14.3 Å². The molecule has 1 spiro atoms. The normalized spacial score (nSPS) is 29.9. The van der Waals surface area contributed by atoms with Crippen LogP contribution in [-0.4, -0.2) is 43.8 Å². The monoisotopic (exact) mass is 314 g/mol. The third-order valence-electron chi connectivity index (χ3n) is 5.72. The summed E-state index contributed by atoms with van der Waals surface area (Å²) in [6.45, 7) is 4.58. The van der Waals surface area contributed by atoms with Gasteiger partial charge in [-0.05, 0) is 43.9 Å². The number of hydrogen-bond donors (Lipinski definition) is 0. The van der Waals surface area contributed by atoms with Crippen LogP contribution >= 0.6 is 0 Å². The first kappa shape index (κ1) is 13.7. The van der Waals surface area contributed by atoms with Crippen molar-refractivity contribution in [2.45, 2.75) is 25.7 Å². The minimum Gasteiger partial charge on any atom is -0.454 e. The molecule has 0 radical (unpaired) electrons. The van der Waals surface area contributed by atoms with Crippen LogP contribution in [0.25, 0.3) is 0 Å². The highest BCUT2D eigenvalue weighted by Gasteiger charge is 2.48. The molecule has 2 saturated heterocycles. The molecule has 1 aromatic rings. The Morgan fingerprint density at radius 3 is 2.91 bits per heavy atom. The van der Waals surface area contributed by atoms with Gasteiger partial charge in [-0.15, -0.1) is 0 Å². The van der Waals surface area contributed by atoms with Crippen LogP contribution in [0.4, 0.5) is 5.69 Å². The summed E-state index contributed by atoms with van der Waals surface area (Å²) in [5.74, 6) is 2.69. The van der Waals surface area contributed by atoms with E-state index in [1.54, 1.807) is 0 Å². The van der Waals surface area contributed by atoms with E-state index in [9.17, 15) is 4.79 Å². The Labute approximate surface area is 136 Å². The highest BCUT2D eigenvalue weighted by atomic mass is 16.7. The minimum absolute atomic E-state index is 0.155. The number of fused-ring (bicyclic) bond motifs is 1. The predicted octanol–water partition coefficient (Wildman–Crippen LogP) is 2.25. The van der Waals surface area contributed by atoms with E-state index in [4.69, 9.17) is 9.47 Å². The highest BCUT2D eigenvalue weighted by Crippen LogP contribution is 2.44. The fraction of sp³-hybridized carbons (Fsp3) is 0.611. The van der Waals surface area contributed by atoms with Gasteiger partial charge in [-0.3, -0.25) is 4.79 Å². The topological polar surface area (TPSA) is 42.0 Å². The molecular weight excluding hydrogens is 292 g/mol. The third-order valence-corrected chi connectivity index (χ3v) is 5.72. The fourth-order valence-electron chi connectivity index (χ4n) is 4.31. The first-order valence-electron chi connectivity index (χ1n) is 8.63. The molecule has 1 aliphatic carbocycles. The molecule has 3 fully saturated rings. The Bertz CT molecular complexity index is 658. The minimum atomic E-state index is 0.155. The summed E-state index contributed by atoms with van der Waals surface area (Å²) in [6, 6.07) is 5.82. The van der Waals surface area contributed by atoms with Crippen LogP contribution in [0.2, 0.25) is 0 Å². The molecule has 0 bridgehead atoms. The first-order valence-corrected chi connectivity index (χ1v) is 8.63. The van der Waals surface area contributed by atoms with Gasteiger partial charge in [-0.25, -0.2) is 0 Å². The lowest BCUT2D eigenvalue weighted by atomic mass is 9.86. The second-order valence-electron chi connectivity index (χ2n) is 7.62. The lowest BCUT2D eigenvalue weighted by Crippen LogP contribution is -2.32. The van der Waals surface area contributed by atoms with Crippen LogP contribution in [0.3, 0.4) is 0 Å². The van der Waals surface area contributed by atoms with Gasteiger partial charge in [0, 0.05) is 43.2 Å². The van der Waals surface area contributed by atoms with Gasteiger partial charge in [-0.2, -0.15) is 0 Å². The van der Waals surface area contributed by atoms with E-state index in [0.717, 1.165) is 49.2 Å². The summed E-state index contributed by atoms with van der Waals surface area (Å²) in [5, 5.41) is 0. The molecule has 0 aromatic heterocycles. The summed E-state index contributed by atoms with van der Waals surface area (Å²) >= 11 is 0. The van der Waals surface area contributed by atoms with E-state index >= 15 is 0 Å². The number of benzene rings is 1. The van der Waals surface area contributed by atoms with Crippen molar-refractivity contribution in [2.75, 3.05) is 37.9 Å². The number of nitrogens with zero attached hydrogens (tertiary/aromatic N) is 2. The average Bonchev–Trinajstić information content (AvgIpc) is 2.96. The zero-order valence-corrected chi connectivity index (χ0v) is 13.3. The highest BCUT2D eigenvalue weighted by molar-refractivity contribution is 5.96. The average molecular weight is 314 g/mol. The smallest absolute Gasteiger partial charge is 0.231 e. The molecule has 5 heteroatoms. The number of carbonyl (C=O) groups is 1. The molecule has 1 atom stereocenters. The molecule has 3 aliphatic heterocycles. The molecule has 1 amide bonds. The Morgan fingerprint density at radius 2 is 2.04 bits per heavy atom. The Kier molecular flexibility index (Phi) is 2.89. The zero-order chi connectivity index (χ0) is 15.4. The van der Waals surface area contributed by atoms with E-state index in [2.05, 4.69) is 4.90 Å². The second kappa shape index (κ2) is 4.87. The second-order valence-corrected chi connectivity index (χ2v) is 7.62. The Morgan fingerprint density at radius 1 is 1.17 bits per heavy atom. The quantitative estimate of drug-likeness (QED) is 0.858. The summed E-state index contributed by atoms with van der Waals surface area (Å²) in [6.07, 6.45) is 4.62. The number of rotatable bonds is 3. The van der Waals surface area contributed by atoms with Crippen molar-refractivity contribution in [1.82, 2.24) is 4.90 Å². The van der Waals surface area contributed by atoms with E-state index in [-0.39, 0.29) is 18.1 Å². The van der Waals surface area contributed by atoms with Crippen molar-refractivity contribution in [2.24, 2.45) is 11.3 Å². The largest absolute Gasteiger partial charge is 0.454 e. The van der Waals surface area contributed by atoms with Gasteiger partial charge in [0.1, 0.15) is 0 Å². The van der Waals surface area contributed by atoms with Crippen LogP contribution in [0.5, 0.6) is 11.5 Å². The maximum Gasteiger partial charge on any atom is 0.231 e. The summed E-state index contributed by atoms with van der Waals surface area (Å²) in [7, 11) is 0. The fourth-order valence-corrected chi connectivity index (χ4v) is 4.31. The van der Waals surface area contributed by atoms with Crippen LogP contribution in [-0.2, 0) is 4.79 Å². The lowest BCUT2D eigenvalue weighted by molar-refractivity contribution is -0.117. The van der Waals surface area contributed by atoms with Crippen molar-refractivity contribution in [1.29, 1.82) is 0 Å². The summed E-state index contributed by atoms with van der Waals surface area (Å²) in [4.78, 5) is 17.1. The molecule has 122 valence electrons. The lowest BCUT2D eigenvalue weighted by Gasteiger charge is -2.24. The van der Waals surface area contributed by atoms with E-state index in [0.29, 0.717) is 6.42 Å². The van der Waals surface area contributed by atoms with Crippen LogP contribution in [0.15, 0.2) is 18.2 Å². The number of ether oxygens (including phenoxy) is 2. The van der Waals surface area contributed by atoms with E-state index < -0.39 is 0 Å². The van der Waals surface area contributed by atoms with Gasteiger partial charge < -0.3 is 19.3 Å². The molecule has 23 heavy (non-hydrogen) atoms. The molecule has 5 nitrogen and oxygen atoms in total. The van der Waals surface area contributed by atoms with Gasteiger partial charge in [0.25, 0.3) is 0 Å². The Balaban J connectivity index is 1.34. The first-order chi connectivity index (χ1) is 11.2. The molecule has 1 aromatic carbocycles. The standard InChI is InChI=1S/C18H22N2O3/c21-17-8-18(5-6-19(10-18)9-13-1-2-13)11-20(17)14-3-4-15-16(7-14)23-12-22-15/h3-4,7,13H,1-2,5-6,8-12H2. The van der Waals surface area contributed by atoms with Gasteiger partial charge in [0.15, 0.2) is 11.5 Å². The van der Waals surface area contributed by atoms with Crippen molar-refractivity contribution >= 4 is 11.6 Å². The SMILES string of the molecule is O=C1CC2(CCN(CC3CC3)C2)CN1c1ccc2c(c1)OCO2. The van der Waals surface area contributed by atoms with Crippen LogP contribution in [0.1, 0.15) is 25.7 Å². The van der Waals surface area contributed by atoms with Gasteiger partial charge in [0.05, 0.1) is 0 Å². The maximum absolute atomic E-state index is 12.6. The molecular formula is C18H22N2O3. The summed E-state index contributed by atoms with van der Waals surface area (Å²) in [5.41, 5.74) is 1.10. The molecule has 1 saturated carbocycles. The number of likely N-dealkylation sites (tertiary alicyclic amines) is 1. The maximum atomic E-state index is 12.6. The Hall–Kier alpha value is -1.75. The third kappa shape index (κ3) is 2.38.